The molecule has 1 aliphatic rings. The van der Waals surface area contributed by atoms with Crippen LogP contribution in [-0.2, 0) is 0 Å². The molecule has 2 aromatic carbocycles. The molecule has 0 bridgehead atoms. The zero-order valence-electron chi connectivity index (χ0n) is 10.1. The van der Waals surface area contributed by atoms with E-state index in [2.05, 4.69) is 51.0 Å². The molecule has 19 heavy (non-hydrogen) atoms. The van der Waals surface area contributed by atoms with Gasteiger partial charge >= 0.3 is 0 Å². The average molecular weight is 265 g/mol. The molecule has 1 atom stereocenters. The first kappa shape index (κ1) is 10.8. The third-order valence-corrected chi connectivity index (χ3v) is 4.18. The molecule has 0 spiro atoms. The van der Waals surface area contributed by atoms with Gasteiger partial charge in [-0.2, -0.15) is 5.11 Å². The lowest BCUT2D eigenvalue weighted by Crippen LogP contribution is -2.01. The van der Waals surface area contributed by atoms with Gasteiger partial charge in [-0.25, -0.2) is 0 Å². The number of fused-ring (bicyclic) bond motifs is 2. The van der Waals surface area contributed by atoms with E-state index in [-0.39, 0.29) is 6.04 Å². The number of aromatic amines is 1. The number of H-pyrrole nitrogens is 1. The Bertz CT molecular complexity index is 776. The Labute approximate surface area is 114 Å². The Morgan fingerprint density at radius 2 is 1.79 bits per heavy atom. The average Bonchev–Trinajstić information content (AvgIpc) is 2.90. The molecule has 0 aliphatic carbocycles. The van der Waals surface area contributed by atoms with Gasteiger partial charge in [-0.05, 0) is 17.7 Å². The van der Waals surface area contributed by atoms with E-state index in [1.165, 1.54) is 33.4 Å². The summed E-state index contributed by atoms with van der Waals surface area (Å²) in [4.78, 5) is 4.50. The smallest absolute Gasteiger partial charge is 0.125 e. The first-order chi connectivity index (χ1) is 9.43. The Morgan fingerprint density at radius 3 is 2.79 bits per heavy atom. The van der Waals surface area contributed by atoms with E-state index >= 15 is 0 Å². The van der Waals surface area contributed by atoms with E-state index in [1.807, 2.05) is 18.3 Å². The lowest BCUT2D eigenvalue weighted by molar-refractivity contribution is 0.799. The second-order valence-corrected chi connectivity index (χ2v) is 5.30. The predicted octanol–water partition coefficient (Wildman–Crippen LogP) is 4.73. The van der Waals surface area contributed by atoms with Gasteiger partial charge in [-0.15, -0.1) is 4.52 Å². The molecule has 1 N–H and O–H groups in total. The Morgan fingerprint density at radius 1 is 0.947 bits per heavy atom. The molecule has 4 rings (SSSR count). The summed E-state index contributed by atoms with van der Waals surface area (Å²) in [5.74, 6) is 0. The van der Waals surface area contributed by atoms with E-state index in [4.69, 9.17) is 0 Å². The molecule has 0 fully saturated rings. The van der Waals surface area contributed by atoms with E-state index in [0.29, 0.717) is 0 Å². The van der Waals surface area contributed by atoms with Crippen molar-refractivity contribution in [2.24, 2.45) is 9.63 Å². The summed E-state index contributed by atoms with van der Waals surface area (Å²) in [7, 11) is 0. The number of nitrogens with one attached hydrogen (secondary N) is 1. The third-order valence-electron chi connectivity index (χ3n) is 3.43. The molecule has 0 radical (unpaired) electrons. The Kier molecular flexibility index (Phi) is 2.42. The van der Waals surface area contributed by atoms with Crippen LogP contribution in [0.1, 0.15) is 17.2 Å². The van der Waals surface area contributed by atoms with Crippen molar-refractivity contribution in [3.05, 3.63) is 65.9 Å². The maximum absolute atomic E-state index is 4.43. The second kappa shape index (κ2) is 4.24. The van der Waals surface area contributed by atoms with Crippen molar-refractivity contribution in [1.82, 2.24) is 4.98 Å². The zero-order chi connectivity index (χ0) is 12.7. The number of aromatic nitrogens is 1. The van der Waals surface area contributed by atoms with Gasteiger partial charge in [-0.3, -0.25) is 0 Å². The minimum absolute atomic E-state index is 0.00593. The summed E-state index contributed by atoms with van der Waals surface area (Å²) in [6.07, 6.45) is 2.04. The molecule has 3 aromatic rings. The van der Waals surface area contributed by atoms with Crippen LogP contribution in [0.15, 0.2) is 69.3 Å². The molecule has 4 heteroatoms. The van der Waals surface area contributed by atoms with Crippen LogP contribution < -0.4 is 0 Å². The number of rotatable bonds is 1. The standard InChI is InChI=1S/C15H11N3S/c1-3-7-13-10(5-1)12(9-16-13)15-11-6-2-4-8-14(11)19-18-17-15/h1-9,15-16H. The van der Waals surface area contributed by atoms with Crippen molar-refractivity contribution >= 4 is 22.9 Å². The van der Waals surface area contributed by atoms with Gasteiger partial charge in [0.1, 0.15) is 6.04 Å². The van der Waals surface area contributed by atoms with Gasteiger partial charge in [0.2, 0.25) is 0 Å². The Hall–Kier alpha value is -2.07. The summed E-state index contributed by atoms with van der Waals surface area (Å²) in [6.45, 7) is 0. The van der Waals surface area contributed by atoms with Crippen molar-refractivity contribution in [3.8, 4) is 0 Å². The topological polar surface area (TPSA) is 40.5 Å². The van der Waals surface area contributed by atoms with Gasteiger partial charge in [0.15, 0.2) is 0 Å². The number of hydrogen-bond acceptors (Lipinski definition) is 3. The molecule has 1 aromatic heterocycles. The monoisotopic (exact) mass is 265 g/mol. The highest BCUT2D eigenvalue weighted by atomic mass is 32.2. The summed E-state index contributed by atoms with van der Waals surface area (Å²) in [5.41, 5.74) is 3.56. The molecule has 0 saturated carbocycles. The minimum atomic E-state index is -0.00593. The van der Waals surface area contributed by atoms with Gasteiger partial charge in [0.25, 0.3) is 0 Å². The van der Waals surface area contributed by atoms with Gasteiger partial charge in [-0.1, -0.05) is 36.4 Å². The van der Waals surface area contributed by atoms with Crippen molar-refractivity contribution in [1.29, 1.82) is 0 Å². The maximum atomic E-state index is 4.43. The van der Waals surface area contributed by atoms with Crippen molar-refractivity contribution in [3.63, 3.8) is 0 Å². The van der Waals surface area contributed by atoms with E-state index in [0.717, 1.165) is 5.52 Å². The highest BCUT2D eigenvalue weighted by Gasteiger charge is 2.23. The number of hydrogen-bond donors (Lipinski definition) is 1. The van der Waals surface area contributed by atoms with Crippen molar-refractivity contribution < 1.29 is 0 Å². The molecule has 92 valence electrons. The highest BCUT2D eigenvalue weighted by molar-refractivity contribution is 7.98. The lowest BCUT2D eigenvalue weighted by Gasteiger charge is -2.17. The van der Waals surface area contributed by atoms with Crippen molar-refractivity contribution in [2.75, 3.05) is 0 Å². The largest absolute Gasteiger partial charge is 0.361 e. The quantitative estimate of drug-likeness (QED) is 0.635. The van der Waals surface area contributed by atoms with Crippen LogP contribution in [0.25, 0.3) is 10.9 Å². The minimum Gasteiger partial charge on any atom is -0.361 e. The van der Waals surface area contributed by atoms with Crippen molar-refractivity contribution in [2.45, 2.75) is 10.9 Å². The first-order valence-corrected chi connectivity index (χ1v) is 6.93. The van der Waals surface area contributed by atoms with Crippen LogP contribution in [0.3, 0.4) is 0 Å². The molecular weight excluding hydrogens is 254 g/mol. The SMILES string of the molecule is c1ccc2c(c1)SN=NC2c1c[nH]c2ccccc12. The molecule has 2 heterocycles. The van der Waals surface area contributed by atoms with Crippen LogP contribution in [0.5, 0.6) is 0 Å². The van der Waals surface area contributed by atoms with Gasteiger partial charge in [0.05, 0.1) is 0 Å². The third kappa shape index (κ3) is 1.68. The number of para-hydroxylation sites is 1. The van der Waals surface area contributed by atoms with Gasteiger partial charge in [0, 0.05) is 39.5 Å². The van der Waals surface area contributed by atoms with E-state index in [9.17, 15) is 0 Å². The number of nitrogens with zero attached hydrogens (tertiary/aromatic N) is 2. The fourth-order valence-corrected chi connectivity index (χ4v) is 3.17. The summed E-state index contributed by atoms with van der Waals surface area (Å²) in [5, 5.41) is 5.65. The lowest BCUT2D eigenvalue weighted by atomic mass is 9.99. The fourth-order valence-electron chi connectivity index (χ4n) is 2.52. The first-order valence-electron chi connectivity index (χ1n) is 6.15. The van der Waals surface area contributed by atoms with Crippen LogP contribution >= 0.6 is 11.9 Å². The fraction of sp³-hybridized carbons (Fsp3) is 0.0667. The molecule has 1 aliphatic heterocycles. The van der Waals surface area contributed by atoms with Crippen LogP contribution in [0, 0.1) is 0 Å². The van der Waals surface area contributed by atoms with Crippen LogP contribution in [-0.4, -0.2) is 4.98 Å². The van der Waals surface area contributed by atoms with Crippen LogP contribution in [0.4, 0.5) is 0 Å². The van der Waals surface area contributed by atoms with E-state index in [1.54, 1.807) is 0 Å². The predicted molar refractivity (Wildman–Crippen MR) is 77.3 cm³/mol. The Balaban J connectivity index is 1.93. The molecule has 1 unspecified atom stereocenters. The molecule has 0 amide bonds. The summed E-state index contributed by atoms with van der Waals surface area (Å²) in [6, 6.07) is 16.6. The maximum Gasteiger partial charge on any atom is 0.125 e. The normalized spacial score (nSPS) is 17.6. The van der Waals surface area contributed by atoms with Crippen LogP contribution in [0.2, 0.25) is 0 Å². The zero-order valence-corrected chi connectivity index (χ0v) is 10.9. The molecule has 3 nitrogen and oxygen atoms in total. The highest BCUT2D eigenvalue weighted by Crippen LogP contribution is 2.41. The second-order valence-electron chi connectivity index (χ2n) is 4.52. The molecular formula is C15H11N3S. The van der Waals surface area contributed by atoms with Gasteiger partial charge < -0.3 is 4.98 Å². The molecule has 0 saturated heterocycles. The number of benzene rings is 2. The van der Waals surface area contributed by atoms with E-state index < -0.39 is 0 Å². The summed E-state index contributed by atoms with van der Waals surface area (Å²) >= 11 is 1.44. The summed E-state index contributed by atoms with van der Waals surface area (Å²) < 4.78 is 4.19.